The van der Waals surface area contributed by atoms with Crippen LogP contribution < -0.4 is 10.1 Å². The Morgan fingerprint density at radius 1 is 1.09 bits per heavy atom. The zero-order valence-corrected chi connectivity index (χ0v) is 20.5. The van der Waals surface area contributed by atoms with E-state index in [2.05, 4.69) is 5.32 Å². The second-order valence-corrected chi connectivity index (χ2v) is 10.1. The van der Waals surface area contributed by atoms with Crippen LogP contribution in [0.4, 0.5) is 13.2 Å². The minimum Gasteiger partial charge on any atom is -0.478 e. The number of nitriles is 1. The minimum absolute atomic E-state index is 0.0612. The molecule has 0 saturated heterocycles. The van der Waals surface area contributed by atoms with Gasteiger partial charge in [-0.05, 0) is 80.0 Å². The molecule has 0 aliphatic carbocycles. The van der Waals surface area contributed by atoms with Crippen molar-refractivity contribution in [2.24, 2.45) is 0 Å². The molecule has 180 valence electrons. The largest absolute Gasteiger partial charge is 0.478 e. The Morgan fingerprint density at radius 3 is 2.53 bits per heavy atom. The van der Waals surface area contributed by atoms with E-state index in [1.165, 1.54) is 23.5 Å². The van der Waals surface area contributed by atoms with Gasteiger partial charge in [-0.2, -0.15) is 18.4 Å². The Bertz CT molecular complexity index is 1260. The van der Waals surface area contributed by atoms with Crippen molar-refractivity contribution in [3.05, 3.63) is 57.4 Å². The highest BCUT2D eigenvalue weighted by Gasteiger charge is 2.34. The van der Waals surface area contributed by atoms with Crippen LogP contribution in [-0.2, 0) is 12.6 Å². The van der Waals surface area contributed by atoms with Gasteiger partial charge in [-0.15, -0.1) is 11.3 Å². The molecule has 0 radical (unpaired) electrons. The zero-order chi connectivity index (χ0) is 24.9. The Hall–Kier alpha value is -2.51. The molecule has 9 heteroatoms. The van der Waals surface area contributed by atoms with Crippen LogP contribution in [0, 0.1) is 15.2 Å². The normalized spacial score (nSPS) is 12.0. The average Bonchev–Trinajstić information content (AvgIpc) is 2.75. The number of benzene rings is 2. The summed E-state index contributed by atoms with van der Waals surface area (Å²) >= 11 is 6.72. The van der Waals surface area contributed by atoms with Gasteiger partial charge in [0.25, 0.3) is 0 Å². The van der Waals surface area contributed by atoms with Crippen LogP contribution in [0.25, 0.3) is 21.2 Å². The number of hydrogen-bond donors (Lipinski definition) is 2. The number of nitrogens with zero attached hydrogens (tertiary/aromatic N) is 1. The summed E-state index contributed by atoms with van der Waals surface area (Å²) in [6, 6.07) is 13.4. The van der Waals surface area contributed by atoms with E-state index >= 15 is 0 Å². The molecule has 0 bridgehead atoms. The molecule has 1 aromatic heterocycles. The first-order chi connectivity index (χ1) is 16.0. The third-order valence-corrected chi connectivity index (χ3v) is 6.58. The molecule has 0 aliphatic rings. The van der Waals surface area contributed by atoms with Crippen molar-refractivity contribution >= 4 is 33.6 Å². The molecule has 0 aliphatic heterocycles. The van der Waals surface area contributed by atoms with Gasteiger partial charge in [-0.1, -0.05) is 24.4 Å². The summed E-state index contributed by atoms with van der Waals surface area (Å²) in [6.07, 6.45) is -2.33. The van der Waals surface area contributed by atoms with Crippen LogP contribution in [0.1, 0.15) is 44.2 Å². The SMILES string of the molecule is CC(C)(O)NCOc1ccc2cc(-c3ccc(CCCCC#N)cc3C(F)(F)F)c(=S)sc2c1. The molecule has 4 nitrogen and oxygen atoms in total. The molecule has 1 heterocycles. The summed E-state index contributed by atoms with van der Waals surface area (Å²) in [4.78, 5) is 0. The van der Waals surface area contributed by atoms with E-state index in [0.717, 1.165) is 10.1 Å². The van der Waals surface area contributed by atoms with E-state index < -0.39 is 17.5 Å². The third-order valence-electron chi connectivity index (χ3n) is 5.13. The lowest BCUT2D eigenvalue weighted by molar-refractivity contribution is -0.137. The van der Waals surface area contributed by atoms with Crippen LogP contribution in [0.2, 0.25) is 0 Å². The van der Waals surface area contributed by atoms with Crippen molar-refractivity contribution < 1.29 is 23.0 Å². The van der Waals surface area contributed by atoms with E-state index in [4.69, 9.17) is 22.2 Å². The molecule has 0 atom stereocenters. The monoisotopic (exact) mass is 506 g/mol. The fourth-order valence-electron chi connectivity index (χ4n) is 3.41. The van der Waals surface area contributed by atoms with Crippen molar-refractivity contribution in [2.45, 2.75) is 51.4 Å². The number of aryl methyl sites for hydroxylation is 1. The number of alkyl halides is 3. The molecule has 0 spiro atoms. The fraction of sp³-hybridized carbons (Fsp3) is 0.360. The Balaban J connectivity index is 1.93. The lowest BCUT2D eigenvalue weighted by Gasteiger charge is -2.19. The molecule has 0 saturated carbocycles. The van der Waals surface area contributed by atoms with Gasteiger partial charge in [0, 0.05) is 16.7 Å². The summed E-state index contributed by atoms with van der Waals surface area (Å²) < 4.78 is 48.6. The maximum Gasteiger partial charge on any atom is 0.417 e. The van der Waals surface area contributed by atoms with Gasteiger partial charge in [0.15, 0.2) is 0 Å². The molecule has 2 N–H and O–H groups in total. The predicted octanol–water partition coefficient (Wildman–Crippen LogP) is 7.21. The van der Waals surface area contributed by atoms with Crippen LogP contribution in [0.15, 0.2) is 42.5 Å². The summed E-state index contributed by atoms with van der Waals surface area (Å²) in [6.45, 7) is 3.29. The molecule has 0 fully saturated rings. The highest BCUT2D eigenvalue weighted by molar-refractivity contribution is 7.74. The van der Waals surface area contributed by atoms with Crippen molar-refractivity contribution in [1.29, 1.82) is 5.26 Å². The second kappa shape index (κ2) is 10.8. The van der Waals surface area contributed by atoms with Crippen molar-refractivity contribution in [1.82, 2.24) is 5.32 Å². The maximum absolute atomic E-state index is 13.9. The lowest BCUT2D eigenvalue weighted by atomic mass is 9.96. The smallest absolute Gasteiger partial charge is 0.417 e. The van der Waals surface area contributed by atoms with E-state index in [9.17, 15) is 18.3 Å². The third kappa shape index (κ3) is 7.00. The lowest BCUT2D eigenvalue weighted by Crippen LogP contribution is -2.41. The number of ether oxygens (including phenoxy) is 1. The molecule has 0 unspecified atom stereocenters. The quantitative estimate of drug-likeness (QED) is 0.182. The number of unbranched alkanes of at least 4 members (excludes halogenated alkanes) is 2. The molecular weight excluding hydrogens is 481 g/mol. The Morgan fingerprint density at radius 2 is 1.85 bits per heavy atom. The van der Waals surface area contributed by atoms with Gasteiger partial charge >= 0.3 is 6.18 Å². The summed E-state index contributed by atoms with van der Waals surface area (Å²) in [5.74, 6) is 0.555. The number of fused-ring (bicyclic) bond motifs is 1. The first kappa shape index (κ1) is 26.1. The average molecular weight is 507 g/mol. The van der Waals surface area contributed by atoms with Crippen LogP contribution >= 0.6 is 23.6 Å². The van der Waals surface area contributed by atoms with E-state index in [-0.39, 0.29) is 12.3 Å². The topological polar surface area (TPSA) is 65.3 Å². The molecule has 34 heavy (non-hydrogen) atoms. The molecule has 0 amide bonds. The second-order valence-electron chi connectivity index (χ2n) is 8.41. The Kier molecular flexibility index (Phi) is 8.31. The van der Waals surface area contributed by atoms with Crippen molar-refractivity contribution in [2.75, 3.05) is 6.73 Å². The fourth-order valence-corrected chi connectivity index (χ4v) is 4.75. The number of halogens is 3. The summed E-state index contributed by atoms with van der Waals surface area (Å²) in [5, 5.41) is 21.9. The van der Waals surface area contributed by atoms with E-state index in [1.807, 2.05) is 6.07 Å². The number of rotatable bonds is 9. The van der Waals surface area contributed by atoms with Gasteiger partial charge in [0.1, 0.15) is 18.2 Å². The van der Waals surface area contributed by atoms with Gasteiger partial charge in [0.2, 0.25) is 0 Å². The number of aliphatic hydroxyl groups is 1. The number of hydrogen-bond acceptors (Lipinski definition) is 6. The van der Waals surface area contributed by atoms with E-state index in [1.54, 1.807) is 44.2 Å². The van der Waals surface area contributed by atoms with Gasteiger partial charge in [-0.3, -0.25) is 5.32 Å². The molecular formula is C25H25F3N2O2S2. The van der Waals surface area contributed by atoms with Crippen molar-refractivity contribution in [3.63, 3.8) is 0 Å². The molecule has 3 aromatic rings. The predicted molar refractivity (Wildman–Crippen MR) is 131 cm³/mol. The van der Waals surface area contributed by atoms with Crippen LogP contribution in [0.5, 0.6) is 5.75 Å². The van der Waals surface area contributed by atoms with Crippen LogP contribution in [-0.4, -0.2) is 17.6 Å². The van der Waals surface area contributed by atoms with Crippen LogP contribution in [0.3, 0.4) is 0 Å². The maximum atomic E-state index is 13.9. The molecule has 3 rings (SSSR count). The highest BCUT2D eigenvalue weighted by atomic mass is 32.1. The van der Waals surface area contributed by atoms with Gasteiger partial charge in [-0.25, -0.2) is 0 Å². The standard InChI is InChI=1S/C25H25F3N2O2S2/c1-24(2,31)30-15-32-18-9-8-17-13-20(23(33)34-22(17)14-18)19-10-7-16(6-4-3-5-11-29)12-21(19)25(26,27)28/h7-10,12-14,30-31H,3-6,15H2,1-2H3. The van der Waals surface area contributed by atoms with Gasteiger partial charge in [0.05, 0.1) is 15.5 Å². The zero-order valence-electron chi connectivity index (χ0n) is 18.8. The summed E-state index contributed by atoms with van der Waals surface area (Å²) in [7, 11) is 0. The number of nitrogens with one attached hydrogen (secondary N) is 1. The summed E-state index contributed by atoms with van der Waals surface area (Å²) in [5.41, 5.74) is -0.768. The minimum atomic E-state index is -4.52. The van der Waals surface area contributed by atoms with Gasteiger partial charge < -0.3 is 9.84 Å². The van der Waals surface area contributed by atoms with Crippen molar-refractivity contribution in [3.8, 4) is 22.9 Å². The Labute approximate surface area is 205 Å². The highest BCUT2D eigenvalue weighted by Crippen LogP contribution is 2.40. The molecule has 2 aromatic carbocycles. The first-order valence-electron chi connectivity index (χ1n) is 10.7. The van der Waals surface area contributed by atoms with E-state index in [0.29, 0.717) is 46.4 Å². The first-order valence-corrected chi connectivity index (χ1v) is 12.0.